The van der Waals surface area contributed by atoms with E-state index in [1.165, 1.54) is 12.8 Å². The molecule has 1 saturated heterocycles. The Morgan fingerprint density at radius 1 is 1.33 bits per heavy atom. The molecule has 1 aliphatic rings. The minimum Gasteiger partial charge on any atom is -0.497 e. The molecule has 2 N–H and O–H groups in total. The summed E-state index contributed by atoms with van der Waals surface area (Å²) in [5.41, 5.74) is 1.15. The number of nitrogens with zero attached hydrogens (tertiary/aromatic N) is 2. The highest BCUT2D eigenvalue weighted by atomic mass is 16.5. The maximum atomic E-state index is 5.28. The van der Waals surface area contributed by atoms with Crippen LogP contribution in [0.3, 0.4) is 0 Å². The summed E-state index contributed by atoms with van der Waals surface area (Å²) in [5, 5.41) is 6.95. The molecule has 0 aliphatic carbocycles. The van der Waals surface area contributed by atoms with Gasteiger partial charge in [0.05, 0.1) is 13.7 Å². The van der Waals surface area contributed by atoms with Crippen LogP contribution in [0.15, 0.2) is 29.3 Å². The number of rotatable bonds is 6. The Morgan fingerprint density at radius 2 is 2.08 bits per heavy atom. The summed E-state index contributed by atoms with van der Waals surface area (Å²) in [6, 6.07) is 9.22. The molecule has 1 aromatic carbocycles. The van der Waals surface area contributed by atoms with Crippen molar-refractivity contribution in [1.29, 1.82) is 0 Å². The molecule has 134 valence electrons. The van der Waals surface area contributed by atoms with Gasteiger partial charge < -0.3 is 20.3 Å². The van der Waals surface area contributed by atoms with Gasteiger partial charge in [0.1, 0.15) is 5.75 Å². The van der Waals surface area contributed by atoms with Crippen molar-refractivity contribution in [3.05, 3.63) is 29.8 Å². The first-order chi connectivity index (χ1) is 11.6. The molecule has 0 atom stereocenters. The van der Waals surface area contributed by atoms with Crippen molar-refractivity contribution in [2.24, 2.45) is 4.99 Å². The molecule has 0 radical (unpaired) electrons. The molecular formula is C19H32N4O. The molecule has 0 aromatic heterocycles. The molecule has 1 aromatic rings. The van der Waals surface area contributed by atoms with Crippen molar-refractivity contribution in [3.63, 3.8) is 0 Å². The minimum atomic E-state index is 0.503. The average molecular weight is 332 g/mol. The van der Waals surface area contributed by atoms with Gasteiger partial charge >= 0.3 is 0 Å². The highest BCUT2D eigenvalue weighted by Crippen LogP contribution is 2.14. The first kappa shape index (κ1) is 18.6. The van der Waals surface area contributed by atoms with Crippen molar-refractivity contribution in [1.82, 2.24) is 15.5 Å². The summed E-state index contributed by atoms with van der Waals surface area (Å²) in [5.74, 6) is 1.78. The maximum absolute atomic E-state index is 5.28. The molecule has 0 spiro atoms. The van der Waals surface area contributed by atoms with E-state index in [2.05, 4.69) is 42.4 Å². The number of ether oxygens (including phenoxy) is 1. The van der Waals surface area contributed by atoms with Crippen molar-refractivity contribution in [2.45, 2.75) is 52.2 Å². The van der Waals surface area contributed by atoms with E-state index in [1.54, 1.807) is 7.11 Å². The van der Waals surface area contributed by atoms with Gasteiger partial charge in [-0.1, -0.05) is 12.1 Å². The van der Waals surface area contributed by atoms with E-state index >= 15 is 0 Å². The number of guanidine groups is 1. The predicted octanol–water partition coefficient (Wildman–Crippen LogP) is 2.62. The zero-order chi connectivity index (χ0) is 17.4. The predicted molar refractivity (Wildman–Crippen MR) is 101 cm³/mol. The number of aliphatic imine (C=N–C) groups is 1. The summed E-state index contributed by atoms with van der Waals surface area (Å²) in [6.07, 6.45) is 2.34. The average Bonchev–Trinajstić information content (AvgIpc) is 2.60. The van der Waals surface area contributed by atoms with E-state index in [0.29, 0.717) is 18.6 Å². The molecular weight excluding hydrogens is 300 g/mol. The quantitative estimate of drug-likeness (QED) is 0.621. The normalized spacial score (nSPS) is 17.1. The highest BCUT2D eigenvalue weighted by molar-refractivity contribution is 5.80. The van der Waals surface area contributed by atoms with Gasteiger partial charge in [0.2, 0.25) is 0 Å². The number of methoxy groups -OCH3 is 1. The Hall–Kier alpha value is -1.75. The standard InChI is InChI=1S/C19H32N4O/c1-5-20-19(21-14-16-7-6-8-18(13-16)24-4)22-17-9-11-23(12-10-17)15(2)3/h6-8,13,15,17H,5,9-12,14H2,1-4H3,(H2,20,21,22). The van der Waals surface area contributed by atoms with Gasteiger partial charge in [0.15, 0.2) is 5.96 Å². The molecule has 0 saturated carbocycles. The van der Waals surface area contributed by atoms with Gasteiger partial charge in [-0.05, 0) is 51.3 Å². The third kappa shape index (κ3) is 5.71. The molecule has 0 bridgehead atoms. The third-order valence-corrected chi connectivity index (χ3v) is 4.50. The SMILES string of the molecule is CCNC(=NCc1cccc(OC)c1)NC1CCN(C(C)C)CC1. The number of hydrogen-bond donors (Lipinski definition) is 2. The van der Waals surface area contributed by atoms with E-state index in [-0.39, 0.29) is 0 Å². The molecule has 5 heteroatoms. The number of nitrogens with one attached hydrogen (secondary N) is 2. The third-order valence-electron chi connectivity index (χ3n) is 4.50. The molecule has 1 fully saturated rings. The molecule has 1 aliphatic heterocycles. The first-order valence-electron chi connectivity index (χ1n) is 9.04. The second-order valence-electron chi connectivity index (χ2n) is 6.60. The molecule has 0 amide bonds. The summed E-state index contributed by atoms with van der Waals surface area (Å²) in [7, 11) is 1.69. The Bertz CT molecular complexity index is 522. The summed E-state index contributed by atoms with van der Waals surface area (Å²) < 4.78 is 5.28. The fraction of sp³-hybridized carbons (Fsp3) is 0.632. The van der Waals surface area contributed by atoms with Gasteiger partial charge in [-0.3, -0.25) is 0 Å². The van der Waals surface area contributed by atoms with Crippen molar-refractivity contribution in [2.75, 3.05) is 26.7 Å². The Labute approximate surface area is 146 Å². The van der Waals surface area contributed by atoms with Gasteiger partial charge in [-0.15, -0.1) is 0 Å². The summed E-state index contributed by atoms with van der Waals surface area (Å²) in [4.78, 5) is 7.27. The van der Waals surface area contributed by atoms with Crippen molar-refractivity contribution in [3.8, 4) is 5.75 Å². The van der Waals surface area contributed by atoms with E-state index < -0.39 is 0 Å². The Balaban J connectivity index is 1.91. The Morgan fingerprint density at radius 3 is 2.71 bits per heavy atom. The number of hydrogen-bond acceptors (Lipinski definition) is 3. The second kappa shape index (κ2) is 9.52. The fourth-order valence-corrected chi connectivity index (χ4v) is 3.01. The largest absolute Gasteiger partial charge is 0.497 e. The van der Waals surface area contributed by atoms with Crippen LogP contribution in [0.4, 0.5) is 0 Å². The summed E-state index contributed by atoms with van der Waals surface area (Å²) >= 11 is 0. The number of benzene rings is 1. The maximum Gasteiger partial charge on any atom is 0.191 e. The van der Waals surface area contributed by atoms with Crippen LogP contribution >= 0.6 is 0 Å². The lowest BCUT2D eigenvalue weighted by Gasteiger charge is -2.35. The zero-order valence-corrected chi connectivity index (χ0v) is 15.5. The summed E-state index contributed by atoms with van der Waals surface area (Å²) in [6.45, 7) is 10.5. The Kier molecular flexibility index (Phi) is 7.37. The van der Waals surface area contributed by atoms with Crippen LogP contribution in [0.25, 0.3) is 0 Å². The van der Waals surface area contributed by atoms with Crippen molar-refractivity contribution < 1.29 is 4.74 Å². The molecule has 0 unspecified atom stereocenters. The highest BCUT2D eigenvalue weighted by Gasteiger charge is 2.21. The minimum absolute atomic E-state index is 0.503. The molecule has 2 rings (SSSR count). The zero-order valence-electron chi connectivity index (χ0n) is 15.5. The van der Waals surface area contributed by atoms with Crippen LogP contribution in [-0.4, -0.2) is 49.7 Å². The lowest BCUT2D eigenvalue weighted by molar-refractivity contribution is 0.167. The molecule has 24 heavy (non-hydrogen) atoms. The molecule has 1 heterocycles. The van der Waals surface area contributed by atoms with Gasteiger partial charge in [0, 0.05) is 31.7 Å². The topological polar surface area (TPSA) is 48.9 Å². The fourth-order valence-electron chi connectivity index (χ4n) is 3.01. The lowest BCUT2D eigenvalue weighted by atomic mass is 10.0. The van der Waals surface area contributed by atoms with E-state index in [9.17, 15) is 0 Å². The lowest BCUT2D eigenvalue weighted by Crippen LogP contribution is -2.49. The van der Waals surface area contributed by atoms with Crippen molar-refractivity contribution >= 4 is 5.96 Å². The van der Waals surface area contributed by atoms with Gasteiger partial charge in [0.25, 0.3) is 0 Å². The number of piperidine rings is 1. The second-order valence-corrected chi connectivity index (χ2v) is 6.60. The van der Waals surface area contributed by atoms with Crippen LogP contribution < -0.4 is 15.4 Å². The van der Waals surface area contributed by atoms with Gasteiger partial charge in [-0.2, -0.15) is 0 Å². The van der Waals surface area contributed by atoms with E-state index in [4.69, 9.17) is 9.73 Å². The van der Waals surface area contributed by atoms with Crippen LogP contribution in [-0.2, 0) is 6.54 Å². The smallest absolute Gasteiger partial charge is 0.191 e. The van der Waals surface area contributed by atoms with E-state index in [1.807, 2.05) is 18.2 Å². The number of likely N-dealkylation sites (tertiary alicyclic amines) is 1. The van der Waals surface area contributed by atoms with E-state index in [0.717, 1.165) is 36.9 Å². The van der Waals surface area contributed by atoms with Crippen LogP contribution in [0.1, 0.15) is 39.2 Å². The van der Waals surface area contributed by atoms with Crippen LogP contribution in [0.5, 0.6) is 5.75 Å². The first-order valence-corrected chi connectivity index (χ1v) is 9.04. The van der Waals surface area contributed by atoms with Crippen LogP contribution in [0.2, 0.25) is 0 Å². The van der Waals surface area contributed by atoms with Gasteiger partial charge in [-0.25, -0.2) is 4.99 Å². The van der Waals surface area contributed by atoms with Crippen LogP contribution in [0, 0.1) is 0 Å². The monoisotopic (exact) mass is 332 g/mol. The molecule has 5 nitrogen and oxygen atoms in total.